The number of nitrogens with zero attached hydrogens (tertiary/aromatic N) is 1. The SMILES string of the molecule is CN([O-])C1(C)C=CC=CC(C)(N)O1. The van der Waals surface area contributed by atoms with E-state index >= 15 is 0 Å². The van der Waals surface area contributed by atoms with Gasteiger partial charge in [0.15, 0.2) is 0 Å². The van der Waals surface area contributed by atoms with Gasteiger partial charge in [0.25, 0.3) is 0 Å². The van der Waals surface area contributed by atoms with E-state index in [4.69, 9.17) is 10.5 Å². The van der Waals surface area contributed by atoms with Crippen molar-refractivity contribution in [3.05, 3.63) is 29.5 Å². The van der Waals surface area contributed by atoms with Crippen LogP contribution in [-0.2, 0) is 4.74 Å². The minimum Gasteiger partial charge on any atom is -0.783 e. The Kier molecular flexibility index (Phi) is 2.58. The van der Waals surface area contributed by atoms with Gasteiger partial charge in [-0.25, -0.2) is 0 Å². The molecule has 0 aliphatic carbocycles. The molecule has 74 valence electrons. The van der Waals surface area contributed by atoms with Crippen molar-refractivity contribution in [3.8, 4) is 0 Å². The first kappa shape index (κ1) is 10.4. The summed E-state index contributed by atoms with van der Waals surface area (Å²) in [5, 5.41) is 12.0. The zero-order valence-electron chi connectivity index (χ0n) is 8.15. The molecule has 0 saturated heterocycles. The van der Waals surface area contributed by atoms with Crippen LogP contribution in [0.3, 0.4) is 0 Å². The summed E-state index contributed by atoms with van der Waals surface area (Å²) >= 11 is 0. The second-order valence-corrected chi connectivity index (χ2v) is 3.56. The van der Waals surface area contributed by atoms with Crippen LogP contribution in [0, 0.1) is 5.21 Å². The number of hydrogen-bond acceptors (Lipinski definition) is 4. The summed E-state index contributed by atoms with van der Waals surface area (Å²) in [6, 6.07) is 0. The highest BCUT2D eigenvalue weighted by Gasteiger charge is 2.30. The normalized spacial score (nSPS) is 39.5. The van der Waals surface area contributed by atoms with Crippen molar-refractivity contribution in [2.24, 2.45) is 5.73 Å². The van der Waals surface area contributed by atoms with Crippen LogP contribution in [0.2, 0.25) is 0 Å². The maximum Gasteiger partial charge on any atom is 0.136 e. The van der Waals surface area contributed by atoms with Crippen LogP contribution in [0.4, 0.5) is 0 Å². The standard InChI is InChI=1S/C9H15N2O2/c1-8(10)6-4-5-7-9(2,13-8)11(3)12/h4-7H,10H2,1-3H3/q-1. The molecule has 0 spiro atoms. The molecule has 0 bridgehead atoms. The van der Waals surface area contributed by atoms with Gasteiger partial charge in [-0.15, -0.1) is 0 Å². The Balaban J connectivity index is 2.91. The molecule has 1 rings (SSSR count). The molecule has 13 heavy (non-hydrogen) atoms. The van der Waals surface area contributed by atoms with Gasteiger partial charge in [-0.05, 0) is 33.0 Å². The van der Waals surface area contributed by atoms with E-state index in [1.54, 1.807) is 38.2 Å². The number of nitrogens with two attached hydrogens (primary N) is 1. The molecular formula is C9H15N2O2-. The smallest absolute Gasteiger partial charge is 0.136 e. The van der Waals surface area contributed by atoms with Crippen molar-refractivity contribution in [2.75, 3.05) is 7.05 Å². The maximum atomic E-state index is 11.2. The van der Waals surface area contributed by atoms with Crippen LogP contribution < -0.4 is 5.73 Å². The Morgan fingerprint density at radius 1 is 1.31 bits per heavy atom. The molecule has 0 aromatic rings. The summed E-state index contributed by atoms with van der Waals surface area (Å²) in [7, 11) is 1.41. The fourth-order valence-electron chi connectivity index (χ4n) is 1.16. The fourth-order valence-corrected chi connectivity index (χ4v) is 1.16. The molecule has 0 aromatic heterocycles. The largest absolute Gasteiger partial charge is 0.783 e. The fraction of sp³-hybridized carbons (Fsp3) is 0.556. The van der Waals surface area contributed by atoms with Gasteiger partial charge in [-0.2, -0.15) is 0 Å². The molecule has 2 atom stereocenters. The van der Waals surface area contributed by atoms with Crippen LogP contribution in [0.1, 0.15) is 13.8 Å². The number of allylic oxidation sites excluding steroid dienone is 2. The summed E-state index contributed by atoms with van der Waals surface area (Å²) < 4.78 is 5.47. The van der Waals surface area contributed by atoms with E-state index in [2.05, 4.69) is 0 Å². The Hall–Kier alpha value is -0.680. The number of rotatable bonds is 1. The first-order chi connectivity index (χ1) is 5.86. The van der Waals surface area contributed by atoms with E-state index in [1.807, 2.05) is 0 Å². The van der Waals surface area contributed by atoms with Crippen LogP contribution in [0.15, 0.2) is 24.3 Å². The summed E-state index contributed by atoms with van der Waals surface area (Å²) in [5.41, 5.74) is 3.88. The van der Waals surface area contributed by atoms with Crippen LogP contribution in [0.5, 0.6) is 0 Å². The monoisotopic (exact) mass is 183 g/mol. The van der Waals surface area contributed by atoms with Crippen LogP contribution in [0.25, 0.3) is 0 Å². The molecule has 4 heteroatoms. The Morgan fingerprint density at radius 2 is 1.85 bits per heavy atom. The topological polar surface area (TPSA) is 61.5 Å². The second-order valence-electron chi connectivity index (χ2n) is 3.56. The minimum atomic E-state index is -0.993. The average Bonchev–Trinajstić information content (AvgIpc) is 2.09. The van der Waals surface area contributed by atoms with E-state index in [0.717, 1.165) is 5.06 Å². The lowest BCUT2D eigenvalue weighted by Crippen LogP contribution is -2.50. The molecule has 1 aliphatic heterocycles. The predicted octanol–water partition coefficient (Wildman–Crippen LogP) is 0.950. The first-order valence-electron chi connectivity index (χ1n) is 4.13. The molecule has 1 aliphatic rings. The van der Waals surface area contributed by atoms with Crippen molar-refractivity contribution in [2.45, 2.75) is 25.3 Å². The van der Waals surface area contributed by atoms with Crippen molar-refractivity contribution in [1.82, 2.24) is 5.06 Å². The van der Waals surface area contributed by atoms with Crippen LogP contribution in [-0.4, -0.2) is 23.6 Å². The molecular weight excluding hydrogens is 168 g/mol. The number of hydrogen-bond donors (Lipinski definition) is 1. The summed E-state index contributed by atoms with van der Waals surface area (Å²) in [6.07, 6.45) is 6.91. The zero-order valence-corrected chi connectivity index (χ0v) is 8.15. The van der Waals surface area contributed by atoms with Crippen molar-refractivity contribution in [1.29, 1.82) is 0 Å². The van der Waals surface area contributed by atoms with E-state index in [-0.39, 0.29) is 0 Å². The van der Waals surface area contributed by atoms with Crippen molar-refractivity contribution in [3.63, 3.8) is 0 Å². The molecule has 0 radical (unpaired) electrons. The van der Waals surface area contributed by atoms with Crippen LogP contribution >= 0.6 is 0 Å². The van der Waals surface area contributed by atoms with E-state index in [0.29, 0.717) is 0 Å². The highest BCUT2D eigenvalue weighted by Crippen LogP contribution is 2.24. The van der Waals surface area contributed by atoms with Gasteiger partial charge in [-0.3, -0.25) is 0 Å². The predicted molar refractivity (Wildman–Crippen MR) is 51.5 cm³/mol. The molecule has 4 nitrogen and oxygen atoms in total. The molecule has 0 amide bonds. The van der Waals surface area contributed by atoms with E-state index < -0.39 is 11.4 Å². The Labute approximate surface area is 78.2 Å². The molecule has 0 saturated carbocycles. The zero-order chi connectivity index (χ0) is 10.1. The molecule has 2 unspecified atom stereocenters. The summed E-state index contributed by atoms with van der Waals surface area (Å²) in [4.78, 5) is 0. The van der Waals surface area contributed by atoms with Gasteiger partial charge in [0.2, 0.25) is 0 Å². The maximum absolute atomic E-state index is 11.2. The third-order valence-corrected chi connectivity index (χ3v) is 2.00. The lowest BCUT2D eigenvalue weighted by atomic mass is 10.2. The highest BCUT2D eigenvalue weighted by molar-refractivity contribution is 5.16. The average molecular weight is 183 g/mol. The summed E-state index contributed by atoms with van der Waals surface area (Å²) in [5.74, 6) is 0. The lowest BCUT2D eigenvalue weighted by Gasteiger charge is -2.44. The van der Waals surface area contributed by atoms with Gasteiger partial charge in [0, 0.05) is 0 Å². The quantitative estimate of drug-likeness (QED) is 0.615. The van der Waals surface area contributed by atoms with Gasteiger partial charge < -0.3 is 20.7 Å². The molecule has 1 heterocycles. The Bertz CT molecular complexity index is 246. The lowest BCUT2D eigenvalue weighted by molar-refractivity contribution is -0.144. The van der Waals surface area contributed by atoms with Gasteiger partial charge in [0.1, 0.15) is 11.4 Å². The van der Waals surface area contributed by atoms with Gasteiger partial charge in [0.05, 0.1) is 0 Å². The third kappa shape index (κ3) is 2.38. The van der Waals surface area contributed by atoms with Crippen molar-refractivity contribution >= 4 is 0 Å². The second kappa shape index (κ2) is 3.23. The third-order valence-electron chi connectivity index (χ3n) is 2.00. The van der Waals surface area contributed by atoms with Gasteiger partial charge >= 0.3 is 0 Å². The number of likely N-dealkylation sites (N-methyl/N-ethyl adjacent to an activating group) is 1. The molecule has 0 fully saturated rings. The Morgan fingerprint density at radius 3 is 2.38 bits per heavy atom. The minimum absolute atomic E-state index is 0.738. The van der Waals surface area contributed by atoms with Gasteiger partial charge in [-0.1, -0.05) is 12.2 Å². The van der Waals surface area contributed by atoms with E-state index in [1.165, 1.54) is 7.05 Å². The number of hydroxylamine groups is 2. The molecule has 0 aromatic carbocycles. The first-order valence-corrected chi connectivity index (χ1v) is 4.13. The number of ether oxygens (including phenoxy) is 1. The van der Waals surface area contributed by atoms with E-state index in [9.17, 15) is 5.21 Å². The highest BCUT2D eigenvalue weighted by atomic mass is 16.6. The van der Waals surface area contributed by atoms with Crippen molar-refractivity contribution < 1.29 is 4.74 Å². The molecule has 2 N–H and O–H groups in total. The summed E-state index contributed by atoms with van der Waals surface area (Å²) in [6.45, 7) is 3.38.